The van der Waals surface area contributed by atoms with E-state index in [1.54, 1.807) is 6.20 Å². The summed E-state index contributed by atoms with van der Waals surface area (Å²) in [7, 11) is 0. The minimum absolute atomic E-state index is 0.0853. The molecule has 1 aromatic heterocycles. The molecule has 1 aromatic carbocycles. The van der Waals surface area contributed by atoms with Crippen molar-refractivity contribution in [3.63, 3.8) is 0 Å². The fourth-order valence-corrected chi connectivity index (χ4v) is 3.40. The molecule has 1 fully saturated rings. The summed E-state index contributed by atoms with van der Waals surface area (Å²) in [4.78, 5) is 29.4. The van der Waals surface area contributed by atoms with Crippen LogP contribution >= 0.6 is 0 Å². The van der Waals surface area contributed by atoms with Crippen molar-refractivity contribution in [1.82, 2.24) is 9.88 Å². The predicted molar refractivity (Wildman–Crippen MR) is 95.5 cm³/mol. The Labute approximate surface area is 152 Å². The van der Waals surface area contributed by atoms with Gasteiger partial charge in [-0.25, -0.2) is 9.59 Å². The van der Waals surface area contributed by atoms with E-state index >= 15 is 0 Å². The van der Waals surface area contributed by atoms with Crippen molar-refractivity contribution in [3.05, 3.63) is 65.5 Å². The fourth-order valence-electron chi connectivity index (χ4n) is 3.40. The lowest BCUT2D eigenvalue weighted by molar-refractivity contribution is -0.149. The fraction of sp³-hybridized carbons (Fsp3) is 0.350. The lowest BCUT2D eigenvalue weighted by atomic mass is 9.97. The summed E-state index contributed by atoms with van der Waals surface area (Å²) in [6.07, 6.45) is 1.86. The highest BCUT2D eigenvalue weighted by atomic mass is 16.5. The number of ether oxygens (including phenoxy) is 1. The second kappa shape index (κ2) is 7.99. The first kappa shape index (κ1) is 17.9. The molecular weight excluding hydrogens is 332 g/mol. The first-order valence-corrected chi connectivity index (χ1v) is 8.64. The normalized spacial score (nSPS) is 19.3. The van der Waals surface area contributed by atoms with Gasteiger partial charge >= 0.3 is 12.1 Å². The summed E-state index contributed by atoms with van der Waals surface area (Å²) in [5, 5.41) is 9.45. The molecule has 1 N–H and O–H groups in total. The smallest absolute Gasteiger partial charge is 0.408 e. The molecule has 0 bridgehead atoms. The van der Waals surface area contributed by atoms with Crippen LogP contribution in [0, 0.1) is 12.8 Å². The molecule has 6 heteroatoms. The maximum Gasteiger partial charge on any atom is 0.408 e. The third-order valence-electron chi connectivity index (χ3n) is 4.61. The number of carbonyl (C=O) groups is 2. The topological polar surface area (TPSA) is 79.7 Å². The zero-order chi connectivity index (χ0) is 18.5. The number of nitrogens with zero attached hydrogens (tertiary/aromatic N) is 2. The highest BCUT2D eigenvalue weighted by Gasteiger charge is 2.40. The molecule has 0 saturated carbocycles. The number of pyridine rings is 1. The third kappa shape index (κ3) is 4.39. The zero-order valence-electron chi connectivity index (χ0n) is 14.7. The monoisotopic (exact) mass is 354 g/mol. The molecule has 1 saturated heterocycles. The number of aryl methyl sites for hydroxylation is 1. The SMILES string of the molecule is Cc1cc(C[C@H]2C[C@H](C(=O)OCc3ccccc3)N(C(=O)O)C2)ccn1. The van der Waals surface area contributed by atoms with Gasteiger partial charge in [0.2, 0.25) is 0 Å². The van der Waals surface area contributed by atoms with Crippen LogP contribution in [0.5, 0.6) is 0 Å². The Morgan fingerprint density at radius 1 is 1.23 bits per heavy atom. The molecule has 136 valence electrons. The highest BCUT2D eigenvalue weighted by Crippen LogP contribution is 2.27. The van der Waals surface area contributed by atoms with Gasteiger partial charge in [0, 0.05) is 18.4 Å². The number of amides is 1. The molecular formula is C20H22N2O4. The Morgan fingerprint density at radius 3 is 2.69 bits per heavy atom. The van der Waals surface area contributed by atoms with E-state index in [0.29, 0.717) is 13.0 Å². The van der Waals surface area contributed by atoms with Crippen LogP contribution in [0.3, 0.4) is 0 Å². The van der Waals surface area contributed by atoms with E-state index in [4.69, 9.17) is 4.74 Å². The van der Waals surface area contributed by atoms with Crippen LogP contribution in [0.4, 0.5) is 4.79 Å². The number of hydrogen-bond acceptors (Lipinski definition) is 4. The zero-order valence-corrected chi connectivity index (χ0v) is 14.7. The second-order valence-electron chi connectivity index (χ2n) is 6.66. The van der Waals surface area contributed by atoms with Gasteiger partial charge in [-0.1, -0.05) is 30.3 Å². The molecule has 6 nitrogen and oxygen atoms in total. The average Bonchev–Trinajstić information content (AvgIpc) is 3.05. The Morgan fingerprint density at radius 2 is 2.00 bits per heavy atom. The van der Waals surface area contributed by atoms with Gasteiger partial charge in [0.1, 0.15) is 12.6 Å². The quantitative estimate of drug-likeness (QED) is 0.835. The van der Waals surface area contributed by atoms with Crippen LogP contribution in [0.2, 0.25) is 0 Å². The van der Waals surface area contributed by atoms with Crippen molar-refractivity contribution in [3.8, 4) is 0 Å². The Balaban J connectivity index is 1.63. The highest BCUT2D eigenvalue weighted by molar-refractivity contribution is 5.81. The molecule has 1 aliphatic heterocycles. The summed E-state index contributed by atoms with van der Waals surface area (Å²) in [5.74, 6) is -0.396. The number of rotatable bonds is 5. The molecule has 2 aromatic rings. The molecule has 2 heterocycles. The minimum Gasteiger partial charge on any atom is -0.465 e. The van der Waals surface area contributed by atoms with Crippen LogP contribution in [-0.2, 0) is 22.6 Å². The molecule has 0 spiro atoms. The van der Waals surface area contributed by atoms with Crippen molar-refractivity contribution in [2.45, 2.75) is 32.4 Å². The predicted octanol–water partition coefficient (Wildman–Crippen LogP) is 3.04. The van der Waals surface area contributed by atoms with E-state index in [1.807, 2.05) is 49.4 Å². The van der Waals surface area contributed by atoms with E-state index in [1.165, 1.54) is 4.90 Å². The molecule has 0 aliphatic carbocycles. The van der Waals surface area contributed by atoms with Crippen LogP contribution < -0.4 is 0 Å². The molecule has 3 rings (SSSR count). The molecule has 0 unspecified atom stereocenters. The van der Waals surface area contributed by atoms with Gasteiger partial charge in [-0.3, -0.25) is 9.88 Å². The summed E-state index contributed by atoms with van der Waals surface area (Å²) in [6.45, 7) is 2.41. The van der Waals surface area contributed by atoms with Crippen LogP contribution in [0.15, 0.2) is 48.7 Å². The second-order valence-corrected chi connectivity index (χ2v) is 6.66. The average molecular weight is 354 g/mol. The summed E-state index contributed by atoms with van der Waals surface area (Å²) in [5.41, 5.74) is 2.91. The van der Waals surface area contributed by atoms with Crippen molar-refractivity contribution < 1.29 is 19.4 Å². The third-order valence-corrected chi connectivity index (χ3v) is 4.61. The van der Waals surface area contributed by atoms with Crippen LogP contribution in [0.1, 0.15) is 23.2 Å². The molecule has 26 heavy (non-hydrogen) atoms. The van der Waals surface area contributed by atoms with Gasteiger partial charge in [-0.05, 0) is 48.9 Å². The Hall–Kier alpha value is -2.89. The van der Waals surface area contributed by atoms with Gasteiger partial charge in [-0.15, -0.1) is 0 Å². The maximum atomic E-state index is 12.4. The van der Waals surface area contributed by atoms with E-state index < -0.39 is 18.1 Å². The first-order chi connectivity index (χ1) is 12.5. The molecule has 1 aliphatic rings. The minimum atomic E-state index is -1.08. The first-order valence-electron chi connectivity index (χ1n) is 8.64. The lowest BCUT2D eigenvalue weighted by Crippen LogP contribution is -2.40. The van der Waals surface area contributed by atoms with Crippen LogP contribution in [-0.4, -0.2) is 39.6 Å². The number of carboxylic acid groups (broad SMARTS) is 1. The standard InChI is InChI=1S/C20H22N2O4/c1-14-9-16(7-8-21-14)10-17-11-18(22(12-17)20(24)25)19(23)26-13-15-5-3-2-4-6-15/h2-9,17-18H,10-13H2,1H3,(H,24,25)/t17-,18+/m0/s1. The van der Waals surface area contributed by atoms with Crippen molar-refractivity contribution in [1.29, 1.82) is 0 Å². The van der Waals surface area contributed by atoms with Crippen molar-refractivity contribution in [2.75, 3.05) is 6.54 Å². The summed E-state index contributed by atoms with van der Waals surface area (Å²) < 4.78 is 5.36. The van der Waals surface area contributed by atoms with Gasteiger partial charge in [-0.2, -0.15) is 0 Å². The molecule has 2 atom stereocenters. The number of aromatic nitrogens is 1. The van der Waals surface area contributed by atoms with Gasteiger partial charge in [0.15, 0.2) is 0 Å². The van der Waals surface area contributed by atoms with Crippen molar-refractivity contribution >= 4 is 12.1 Å². The summed E-state index contributed by atoms with van der Waals surface area (Å²) >= 11 is 0. The number of likely N-dealkylation sites (tertiary alicyclic amines) is 1. The van der Waals surface area contributed by atoms with E-state index in [0.717, 1.165) is 23.2 Å². The number of carbonyl (C=O) groups excluding carboxylic acids is 1. The summed E-state index contributed by atoms with van der Waals surface area (Å²) in [6, 6.07) is 12.5. The Kier molecular flexibility index (Phi) is 5.51. The van der Waals surface area contributed by atoms with Gasteiger partial charge in [0.25, 0.3) is 0 Å². The number of esters is 1. The van der Waals surface area contributed by atoms with E-state index in [-0.39, 0.29) is 12.5 Å². The lowest BCUT2D eigenvalue weighted by Gasteiger charge is -2.19. The molecule has 1 amide bonds. The number of benzene rings is 1. The van der Waals surface area contributed by atoms with E-state index in [2.05, 4.69) is 4.98 Å². The van der Waals surface area contributed by atoms with Crippen molar-refractivity contribution in [2.24, 2.45) is 5.92 Å². The van der Waals surface area contributed by atoms with E-state index in [9.17, 15) is 14.7 Å². The molecule has 0 radical (unpaired) electrons. The van der Waals surface area contributed by atoms with Gasteiger partial charge in [0.05, 0.1) is 0 Å². The Bertz CT molecular complexity index is 778. The van der Waals surface area contributed by atoms with Crippen LogP contribution in [0.25, 0.3) is 0 Å². The number of hydrogen-bond donors (Lipinski definition) is 1. The van der Waals surface area contributed by atoms with Gasteiger partial charge < -0.3 is 9.84 Å². The maximum absolute atomic E-state index is 12.4. The largest absolute Gasteiger partial charge is 0.465 e.